The van der Waals surface area contributed by atoms with Gasteiger partial charge in [0.25, 0.3) is 5.91 Å². The van der Waals surface area contributed by atoms with Crippen LogP contribution in [0, 0.1) is 6.92 Å². The molecule has 0 unspecified atom stereocenters. The number of aromatic nitrogens is 1. The first kappa shape index (κ1) is 15.0. The number of nitrogens with one attached hydrogen (secondary N) is 1. The fourth-order valence-corrected chi connectivity index (χ4v) is 3.56. The van der Waals surface area contributed by atoms with Crippen LogP contribution in [-0.2, 0) is 4.74 Å². The number of nitrogens with zero attached hydrogens (tertiary/aromatic N) is 1. The van der Waals surface area contributed by atoms with Crippen molar-refractivity contribution in [2.24, 2.45) is 0 Å². The molecule has 0 atom stereocenters. The van der Waals surface area contributed by atoms with Gasteiger partial charge in [-0.3, -0.25) is 10.1 Å². The minimum atomic E-state index is -0.181. The van der Waals surface area contributed by atoms with Gasteiger partial charge in [-0.05, 0) is 38.0 Å². The Morgan fingerprint density at radius 1 is 1.41 bits per heavy atom. The molecule has 3 N–H and O–H groups in total. The number of nitrogen functional groups attached to an aromatic ring is 1. The third-order valence-electron chi connectivity index (χ3n) is 3.81. The number of thiazole rings is 1. The van der Waals surface area contributed by atoms with Gasteiger partial charge in [0.15, 0.2) is 5.13 Å². The second-order valence-corrected chi connectivity index (χ2v) is 6.63. The number of rotatable bonds is 3. The van der Waals surface area contributed by atoms with Gasteiger partial charge < -0.3 is 10.5 Å². The Labute approximate surface area is 133 Å². The fourth-order valence-electron chi connectivity index (χ4n) is 2.66. The van der Waals surface area contributed by atoms with Crippen molar-refractivity contribution in [1.82, 2.24) is 4.98 Å². The highest BCUT2D eigenvalue weighted by Gasteiger charge is 2.22. The van der Waals surface area contributed by atoms with E-state index in [2.05, 4.69) is 17.2 Å². The van der Waals surface area contributed by atoms with Crippen LogP contribution in [-0.4, -0.2) is 24.1 Å². The number of carbonyl (C=O) groups excluding carboxylic acids is 1. The molecule has 1 saturated heterocycles. The highest BCUT2D eigenvalue weighted by atomic mass is 32.1. The molecule has 0 radical (unpaired) electrons. The predicted octanol–water partition coefficient (Wildman–Crippen LogP) is 3.18. The molecule has 116 valence electrons. The average molecular weight is 317 g/mol. The van der Waals surface area contributed by atoms with Crippen LogP contribution < -0.4 is 11.1 Å². The number of hydrogen-bond donors (Lipinski definition) is 2. The summed E-state index contributed by atoms with van der Waals surface area (Å²) in [5.41, 5.74) is 7.92. The van der Waals surface area contributed by atoms with E-state index in [1.54, 1.807) is 24.3 Å². The summed E-state index contributed by atoms with van der Waals surface area (Å²) in [6.45, 7) is 3.62. The second-order valence-electron chi connectivity index (χ2n) is 5.43. The summed E-state index contributed by atoms with van der Waals surface area (Å²) in [5.74, 6) is 0.252. The number of amides is 1. The molecule has 6 heteroatoms. The summed E-state index contributed by atoms with van der Waals surface area (Å²) in [4.78, 5) is 18.0. The Kier molecular flexibility index (Phi) is 4.40. The monoisotopic (exact) mass is 317 g/mol. The summed E-state index contributed by atoms with van der Waals surface area (Å²) < 4.78 is 5.40. The van der Waals surface area contributed by atoms with E-state index in [4.69, 9.17) is 10.5 Å². The SMILES string of the molecule is Cc1sc(NC(=O)c2cccc(N)c2)nc1C1CCOCC1. The maximum absolute atomic E-state index is 12.2. The lowest BCUT2D eigenvalue weighted by Gasteiger charge is -2.20. The van der Waals surface area contributed by atoms with Crippen LogP contribution in [0.5, 0.6) is 0 Å². The van der Waals surface area contributed by atoms with Gasteiger partial charge >= 0.3 is 0 Å². The molecule has 5 nitrogen and oxygen atoms in total. The summed E-state index contributed by atoms with van der Waals surface area (Å²) >= 11 is 1.52. The maximum Gasteiger partial charge on any atom is 0.257 e. The molecule has 0 spiro atoms. The van der Waals surface area contributed by atoms with E-state index in [9.17, 15) is 4.79 Å². The zero-order valence-corrected chi connectivity index (χ0v) is 13.3. The molecule has 1 amide bonds. The van der Waals surface area contributed by atoms with Gasteiger partial charge in [0.05, 0.1) is 5.69 Å². The van der Waals surface area contributed by atoms with E-state index < -0.39 is 0 Å². The van der Waals surface area contributed by atoms with Crippen molar-refractivity contribution in [3.63, 3.8) is 0 Å². The highest BCUT2D eigenvalue weighted by molar-refractivity contribution is 7.15. The second kappa shape index (κ2) is 6.46. The summed E-state index contributed by atoms with van der Waals surface area (Å²) in [7, 11) is 0. The van der Waals surface area contributed by atoms with Crippen molar-refractivity contribution in [3.05, 3.63) is 40.4 Å². The molecule has 0 saturated carbocycles. The van der Waals surface area contributed by atoms with Crippen LogP contribution in [0.2, 0.25) is 0 Å². The molecule has 1 aromatic heterocycles. The lowest BCUT2D eigenvalue weighted by Crippen LogP contribution is -2.15. The smallest absolute Gasteiger partial charge is 0.257 e. The lowest BCUT2D eigenvalue weighted by atomic mass is 9.96. The van der Waals surface area contributed by atoms with E-state index in [-0.39, 0.29) is 5.91 Å². The number of ether oxygens (including phenoxy) is 1. The third-order valence-corrected chi connectivity index (χ3v) is 4.71. The van der Waals surface area contributed by atoms with Crippen LogP contribution in [0.15, 0.2) is 24.3 Å². The first-order chi connectivity index (χ1) is 10.6. The van der Waals surface area contributed by atoms with Gasteiger partial charge in [-0.1, -0.05) is 6.07 Å². The maximum atomic E-state index is 12.2. The van der Waals surface area contributed by atoms with Crippen molar-refractivity contribution in [3.8, 4) is 0 Å². The highest BCUT2D eigenvalue weighted by Crippen LogP contribution is 2.33. The average Bonchev–Trinajstić information content (AvgIpc) is 2.88. The normalized spacial score (nSPS) is 15.7. The summed E-state index contributed by atoms with van der Waals surface area (Å²) in [5, 5.41) is 3.51. The number of aryl methyl sites for hydroxylation is 1. The Morgan fingerprint density at radius 2 is 2.18 bits per heavy atom. The molecule has 0 bridgehead atoms. The zero-order valence-electron chi connectivity index (χ0n) is 12.5. The number of carbonyl (C=O) groups is 1. The van der Waals surface area contributed by atoms with Crippen LogP contribution in [0.3, 0.4) is 0 Å². The van der Waals surface area contributed by atoms with Gasteiger partial charge in [0.1, 0.15) is 0 Å². The molecule has 1 aromatic carbocycles. The van der Waals surface area contributed by atoms with Crippen molar-refractivity contribution in [2.45, 2.75) is 25.7 Å². The molecule has 3 rings (SSSR count). The molecular weight excluding hydrogens is 298 g/mol. The Bertz CT molecular complexity index is 678. The lowest BCUT2D eigenvalue weighted by molar-refractivity contribution is 0.0845. The largest absolute Gasteiger partial charge is 0.399 e. The van der Waals surface area contributed by atoms with Crippen molar-refractivity contribution in [2.75, 3.05) is 24.3 Å². The van der Waals surface area contributed by atoms with E-state index in [1.807, 2.05) is 0 Å². The van der Waals surface area contributed by atoms with Gasteiger partial charge in [0.2, 0.25) is 0 Å². The van der Waals surface area contributed by atoms with E-state index in [0.29, 0.717) is 22.3 Å². The van der Waals surface area contributed by atoms with E-state index in [0.717, 1.165) is 36.6 Å². The van der Waals surface area contributed by atoms with Crippen LogP contribution in [0.4, 0.5) is 10.8 Å². The zero-order chi connectivity index (χ0) is 15.5. The number of hydrogen-bond acceptors (Lipinski definition) is 5. The first-order valence-corrected chi connectivity index (χ1v) is 8.17. The molecule has 1 fully saturated rings. The van der Waals surface area contributed by atoms with Crippen LogP contribution in [0.25, 0.3) is 0 Å². The molecule has 1 aliphatic rings. The van der Waals surface area contributed by atoms with Crippen LogP contribution in [0.1, 0.15) is 39.7 Å². The summed E-state index contributed by atoms with van der Waals surface area (Å²) in [6.07, 6.45) is 1.99. The van der Waals surface area contributed by atoms with E-state index in [1.165, 1.54) is 11.3 Å². The Hall–Kier alpha value is -1.92. The minimum Gasteiger partial charge on any atom is -0.399 e. The van der Waals surface area contributed by atoms with Gasteiger partial charge in [-0.25, -0.2) is 4.98 Å². The molecule has 2 aromatic rings. The first-order valence-electron chi connectivity index (χ1n) is 7.35. The molecule has 2 heterocycles. The van der Waals surface area contributed by atoms with Crippen molar-refractivity contribution < 1.29 is 9.53 Å². The predicted molar refractivity (Wildman–Crippen MR) is 88.5 cm³/mol. The number of benzene rings is 1. The third kappa shape index (κ3) is 3.28. The Morgan fingerprint density at radius 3 is 2.91 bits per heavy atom. The standard InChI is InChI=1S/C16H19N3O2S/c1-10-14(11-5-7-21-8-6-11)18-16(22-10)19-15(20)12-3-2-4-13(17)9-12/h2-4,9,11H,5-8,17H2,1H3,(H,18,19,20). The topological polar surface area (TPSA) is 77.2 Å². The summed E-state index contributed by atoms with van der Waals surface area (Å²) in [6, 6.07) is 6.93. The van der Waals surface area contributed by atoms with Crippen molar-refractivity contribution in [1.29, 1.82) is 0 Å². The quantitative estimate of drug-likeness (QED) is 0.852. The molecule has 0 aliphatic carbocycles. The fraction of sp³-hybridized carbons (Fsp3) is 0.375. The van der Waals surface area contributed by atoms with Gasteiger partial charge in [-0.2, -0.15) is 0 Å². The number of anilines is 2. The van der Waals surface area contributed by atoms with Crippen molar-refractivity contribution >= 4 is 28.1 Å². The number of nitrogens with two attached hydrogens (primary N) is 1. The minimum absolute atomic E-state index is 0.181. The molecular formula is C16H19N3O2S. The van der Waals surface area contributed by atoms with Gasteiger partial charge in [0, 0.05) is 35.3 Å². The van der Waals surface area contributed by atoms with Gasteiger partial charge in [-0.15, -0.1) is 11.3 Å². The van der Waals surface area contributed by atoms with Crippen LogP contribution >= 0.6 is 11.3 Å². The van der Waals surface area contributed by atoms with E-state index >= 15 is 0 Å². The molecule has 1 aliphatic heterocycles. The Balaban J connectivity index is 1.74. The molecule has 22 heavy (non-hydrogen) atoms.